The molecule has 2 rings (SSSR count). The van der Waals surface area contributed by atoms with E-state index in [0.717, 1.165) is 63.5 Å². The molecule has 0 atom stereocenters. The van der Waals surface area contributed by atoms with E-state index in [9.17, 15) is 13.2 Å². The molecule has 0 radical (unpaired) electrons. The number of nitrogens with zero attached hydrogens (tertiary/aromatic N) is 3. The van der Waals surface area contributed by atoms with Gasteiger partial charge in [0.05, 0.1) is 5.56 Å². The van der Waals surface area contributed by atoms with Crippen LogP contribution < -0.4 is 10.6 Å². The number of hydrogen-bond donors (Lipinski definition) is 2. The summed E-state index contributed by atoms with van der Waals surface area (Å²) in [5, 5.41) is 6.38. The zero-order valence-electron chi connectivity index (χ0n) is 15.4. The van der Waals surface area contributed by atoms with E-state index < -0.39 is 11.7 Å². The quantitative estimate of drug-likeness (QED) is 0.593. The van der Waals surface area contributed by atoms with Crippen molar-refractivity contribution in [1.82, 2.24) is 20.4 Å². The van der Waals surface area contributed by atoms with E-state index in [1.165, 1.54) is 12.1 Å². The van der Waals surface area contributed by atoms with Gasteiger partial charge in [-0.3, -0.25) is 9.89 Å². The van der Waals surface area contributed by atoms with Crippen LogP contribution in [0.2, 0.25) is 0 Å². The molecule has 0 unspecified atom stereocenters. The average Bonchev–Trinajstić information content (AvgIpc) is 2.64. The maximum absolute atomic E-state index is 12.6. The Morgan fingerprint density at radius 1 is 1.04 bits per heavy atom. The van der Waals surface area contributed by atoms with E-state index in [4.69, 9.17) is 0 Å². The number of piperazine rings is 1. The fourth-order valence-corrected chi connectivity index (χ4v) is 2.88. The summed E-state index contributed by atoms with van der Waals surface area (Å²) in [6.07, 6.45) is -4.30. The number of hydrogen-bond acceptors (Lipinski definition) is 3. The summed E-state index contributed by atoms with van der Waals surface area (Å²) in [7, 11) is 1.68. The first-order valence-corrected chi connectivity index (χ1v) is 8.97. The van der Waals surface area contributed by atoms with Crippen LogP contribution in [0, 0.1) is 0 Å². The molecule has 1 aliphatic heterocycles. The molecule has 1 aromatic carbocycles. The molecule has 5 nitrogen and oxygen atoms in total. The Morgan fingerprint density at radius 3 is 2.19 bits per heavy atom. The Hall–Kier alpha value is -1.80. The van der Waals surface area contributed by atoms with Crippen molar-refractivity contribution in [2.45, 2.75) is 19.6 Å². The molecule has 1 saturated heterocycles. The van der Waals surface area contributed by atoms with E-state index in [-0.39, 0.29) is 0 Å². The van der Waals surface area contributed by atoms with Crippen LogP contribution in [-0.4, -0.2) is 68.6 Å². The van der Waals surface area contributed by atoms with Gasteiger partial charge in [-0.1, -0.05) is 19.1 Å². The Labute approximate surface area is 153 Å². The fraction of sp³-hybridized carbons (Fsp3) is 0.611. The highest BCUT2D eigenvalue weighted by atomic mass is 19.4. The lowest BCUT2D eigenvalue weighted by Crippen LogP contribution is -2.49. The van der Waals surface area contributed by atoms with Gasteiger partial charge in [-0.15, -0.1) is 0 Å². The smallest absolute Gasteiger partial charge is 0.355 e. The van der Waals surface area contributed by atoms with Gasteiger partial charge in [0.1, 0.15) is 0 Å². The third kappa shape index (κ3) is 6.49. The highest BCUT2D eigenvalue weighted by molar-refractivity contribution is 5.79. The molecule has 8 heteroatoms. The molecule has 0 bridgehead atoms. The number of guanidine groups is 1. The summed E-state index contributed by atoms with van der Waals surface area (Å²) in [6, 6.07) is 5.17. The van der Waals surface area contributed by atoms with Crippen LogP contribution in [0.1, 0.15) is 18.1 Å². The van der Waals surface area contributed by atoms with Gasteiger partial charge < -0.3 is 15.5 Å². The number of halogens is 3. The number of nitrogens with one attached hydrogen (secondary N) is 2. The van der Waals surface area contributed by atoms with Crippen LogP contribution in [0.15, 0.2) is 29.3 Å². The lowest BCUT2D eigenvalue weighted by atomic mass is 10.1. The van der Waals surface area contributed by atoms with Crippen LogP contribution in [0.4, 0.5) is 13.2 Å². The van der Waals surface area contributed by atoms with Crippen molar-refractivity contribution in [3.05, 3.63) is 35.4 Å². The minimum atomic E-state index is -4.30. The summed E-state index contributed by atoms with van der Waals surface area (Å²) >= 11 is 0. The van der Waals surface area contributed by atoms with Gasteiger partial charge in [0.15, 0.2) is 5.96 Å². The van der Waals surface area contributed by atoms with E-state index in [1.54, 1.807) is 7.05 Å². The van der Waals surface area contributed by atoms with Gasteiger partial charge in [-0.2, -0.15) is 13.2 Å². The maximum Gasteiger partial charge on any atom is 0.416 e. The number of aliphatic imine (C=N–C) groups is 1. The minimum absolute atomic E-state index is 0.424. The average molecular weight is 371 g/mol. The Kier molecular flexibility index (Phi) is 7.71. The van der Waals surface area contributed by atoms with Crippen molar-refractivity contribution >= 4 is 5.96 Å². The van der Waals surface area contributed by atoms with E-state index in [2.05, 4.69) is 32.3 Å². The maximum atomic E-state index is 12.6. The molecule has 1 aliphatic rings. The van der Waals surface area contributed by atoms with Gasteiger partial charge >= 0.3 is 6.18 Å². The molecule has 26 heavy (non-hydrogen) atoms. The SMILES string of the molecule is CCN1CCN(CCNC(=NC)NCc2ccc(C(F)(F)F)cc2)CC1. The van der Waals surface area contributed by atoms with E-state index >= 15 is 0 Å². The molecule has 0 spiro atoms. The fourth-order valence-electron chi connectivity index (χ4n) is 2.88. The van der Waals surface area contributed by atoms with Crippen molar-refractivity contribution in [2.24, 2.45) is 4.99 Å². The van der Waals surface area contributed by atoms with Crippen molar-refractivity contribution < 1.29 is 13.2 Å². The molecule has 1 heterocycles. The van der Waals surface area contributed by atoms with Crippen molar-refractivity contribution in [2.75, 3.05) is 52.9 Å². The van der Waals surface area contributed by atoms with Gasteiger partial charge in [0.2, 0.25) is 0 Å². The second kappa shape index (κ2) is 9.78. The zero-order valence-corrected chi connectivity index (χ0v) is 15.4. The highest BCUT2D eigenvalue weighted by Crippen LogP contribution is 2.28. The molecule has 0 aliphatic carbocycles. The van der Waals surface area contributed by atoms with Gasteiger partial charge in [-0.25, -0.2) is 0 Å². The normalized spacial score (nSPS) is 17.3. The monoisotopic (exact) mass is 371 g/mol. The third-order valence-corrected chi connectivity index (χ3v) is 4.60. The van der Waals surface area contributed by atoms with Crippen molar-refractivity contribution in [3.63, 3.8) is 0 Å². The first-order valence-electron chi connectivity index (χ1n) is 8.97. The number of alkyl halides is 3. The third-order valence-electron chi connectivity index (χ3n) is 4.60. The molecule has 1 aromatic rings. The molecule has 146 valence electrons. The molecule has 0 amide bonds. The van der Waals surface area contributed by atoms with Crippen molar-refractivity contribution in [3.8, 4) is 0 Å². The number of rotatable bonds is 6. The molecule has 2 N–H and O–H groups in total. The molecule has 0 aromatic heterocycles. The summed E-state index contributed by atoms with van der Waals surface area (Å²) in [4.78, 5) is 9.01. The van der Waals surface area contributed by atoms with Crippen molar-refractivity contribution in [1.29, 1.82) is 0 Å². The summed E-state index contributed by atoms with van der Waals surface area (Å²) in [5.74, 6) is 0.650. The van der Waals surface area contributed by atoms with Gasteiger partial charge in [-0.05, 0) is 24.2 Å². The van der Waals surface area contributed by atoms with Crippen LogP contribution in [-0.2, 0) is 12.7 Å². The number of benzene rings is 1. The van der Waals surface area contributed by atoms with Crippen LogP contribution >= 0.6 is 0 Å². The van der Waals surface area contributed by atoms with Gasteiger partial charge in [0.25, 0.3) is 0 Å². The Morgan fingerprint density at radius 2 is 1.65 bits per heavy atom. The largest absolute Gasteiger partial charge is 0.416 e. The minimum Gasteiger partial charge on any atom is -0.355 e. The summed E-state index contributed by atoms with van der Waals surface area (Å²) < 4.78 is 37.7. The lowest BCUT2D eigenvalue weighted by Gasteiger charge is -2.34. The van der Waals surface area contributed by atoms with E-state index in [0.29, 0.717) is 12.5 Å². The molecule has 0 saturated carbocycles. The highest BCUT2D eigenvalue weighted by Gasteiger charge is 2.29. The van der Waals surface area contributed by atoms with Crippen LogP contribution in [0.25, 0.3) is 0 Å². The predicted molar refractivity (Wildman–Crippen MR) is 98.2 cm³/mol. The van der Waals surface area contributed by atoms with E-state index in [1.807, 2.05) is 0 Å². The first-order chi connectivity index (χ1) is 12.4. The number of likely N-dealkylation sites (N-methyl/N-ethyl adjacent to an activating group) is 1. The Balaban J connectivity index is 1.69. The van der Waals surface area contributed by atoms with Crippen LogP contribution in [0.5, 0.6) is 0 Å². The Bertz CT molecular complexity index is 563. The molecule has 1 fully saturated rings. The topological polar surface area (TPSA) is 42.9 Å². The van der Waals surface area contributed by atoms with Crippen LogP contribution in [0.3, 0.4) is 0 Å². The second-order valence-corrected chi connectivity index (χ2v) is 6.32. The lowest BCUT2D eigenvalue weighted by molar-refractivity contribution is -0.137. The molecular formula is C18H28F3N5. The predicted octanol–water partition coefficient (Wildman–Crippen LogP) is 2.01. The first kappa shape index (κ1) is 20.5. The summed E-state index contributed by atoms with van der Waals surface area (Å²) in [6.45, 7) is 9.80. The zero-order chi connectivity index (χ0) is 19.0. The van der Waals surface area contributed by atoms with Gasteiger partial charge in [0, 0.05) is 52.9 Å². The second-order valence-electron chi connectivity index (χ2n) is 6.32. The standard InChI is InChI=1S/C18H28F3N5/c1-3-25-10-12-26(13-11-25)9-8-23-17(22-2)24-14-15-4-6-16(7-5-15)18(19,20)21/h4-7H,3,8-14H2,1-2H3,(H2,22,23,24). The summed E-state index contributed by atoms with van der Waals surface area (Å²) in [5.41, 5.74) is 0.142. The molecular weight excluding hydrogens is 343 g/mol.